The molecule has 122 valence electrons. The van der Waals surface area contributed by atoms with Gasteiger partial charge in [0, 0.05) is 12.2 Å². The van der Waals surface area contributed by atoms with E-state index >= 15 is 0 Å². The minimum atomic E-state index is -4.50. The van der Waals surface area contributed by atoms with Gasteiger partial charge < -0.3 is 14.2 Å². The van der Waals surface area contributed by atoms with Gasteiger partial charge in [-0.2, -0.15) is 0 Å². The van der Waals surface area contributed by atoms with E-state index < -0.39 is 19.4 Å². The number of carbonyl (C=O) groups is 2. The van der Waals surface area contributed by atoms with Gasteiger partial charge in [0.2, 0.25) is 7.60 Å². The molecule has 0 aromatic carbocycles. The van der Waals surface area contributed by atoms with E-state index in [4.69, 9.17) is 4.74 Å². The van der Waals surface area contributed by atoms with Crippen LogP contribution < -0.4 is 34.5 Å². The first-order valence-corrected chi connectivity index (χ1v) is 9.81. The summed E-state index contributed by atoms with van der Waals surface area (Å²) < 4.78 is 20.1. The normalized spacial score (nSPS) is 24.5. The van der Waals surface area contributed by atoms with Crippen molar-refractivity contribution in [2.45, 2.75) is 58.0 Å². The van der Waals surface area contributed by atoms with Gasteiger partial charge in [-0.15, -0.1) is 0 Å². The molecule has 2 unspecified atom stereocenters. The fourth-order valence-corrected chi connectivity index (χ4v) is 3.44. The quantitative estimate of drug-likeness (QED) is 0.327. The number of hydrogen-bond donors (Lipinski definition) is 0. The summed E-state index contributed by atoms with van der Waals surface area (Å²) in [4.78, 5) is 33.7. The van der Waals surface area contributed by atoms with Gasteiger partial charge in [-0.05, 0) is 6.42 Å². The molecule has 1 saturated heterocycles. The molecule has 1 fully saturated rings. The fraction of sp³-hybridized carbons (Fsp3) is 0.846. The summed E-state index contributed by atoms with van der Waals surface area (Å²) in [5, 5.41) is 0.0393. The van der Waals surface area contributed by atoms with Crippen LogP contribution in [0, 0.1) is 0 Å². The Labute approximate surface area is 157 Å². The summed E-state index contributed by atoms with van der Waals surface area (Å²) in [6.45, 7) is 1.96. The Bertz CT molecular complexity index is 406. The molecule has 0 aromatic heterocycles. The summed E-state index contributed by atoms with van der Waals surface area (Å²) in [6, 6.07) is 0. The third kappa shape index (κ3) is 9.06. The molecular formula is C13H22NaO6PS. The van der Waals surface area contributed by atoms with Crippen LogP contribution in [-0.4, -0.2) is 29.3 Å². The molecule has 0 bridgehead atoms. The van der Waals surface area contributed by atoms with E-state index in [-0.39, 0.29) is 47.0 Å². The smallest absolute Gasteiger partial charge is 0.770 e. The number of cyclic esters (lactones) is 1. The third-order valence-electron chi connectivity index (χ3n) is 3.09. The number of unbranched alkanes of at least 4 members (excludes halogenated alkanes) is 5. The van der Waals surface area contributed by atoms with Gasteiger partial charge in [0.15, 0.2) is 5.12 Å². The summed E-state index contributed by atoms with van der Waals surface area (Å²) in [5.41, 5.74) is -1.34. The van der Waals surface area contributed by atoms with Gasteiger partial charge in [-0.25, -0.2) is 4.79 Å². The van der Waals surface area contributed by atoms with Crippen LogP contribution in [0.1, 0.15) is 51.9 Å². The van der Waals surface area contributed by atoms with Crippen LogP contribution in [-0.2, 0) is 18.6 Å². The summed E-state index contributed by atoms with van der Waals surface area (Å²) in [5.74, 6) is 0.237. The van der Waals surface area contributed by atoms with Crippen molar-refractivity contribution >= 4 is 30.2 Å². The van der Waals surface area contributed by atoms with Gasteiger partial charge in [-0.1, -0.05) is 50.8 Å². The van der Waals surface area contributed by atoms with Gasteiger partial charge in [0.25, 0.3) is 0 Å². The minimum absolute atomic E-state index is 0. The molecule has 1 rings (SSSR count). The second kappa shape index (κ2) is 12.1. The molecule has 9 heteroatoms. The number of ether oxygens (including phenoxy) is 1. The fourth-order valence-electron chi connectivity index (χ4n) is 1.86. The molecule has 0 radical (unpaired) electrons. The van der Waals surface area contributed by atoms with E-state index in [0.717, 1.165) is 31.0 Å². The van der Waals surface area contributed by atoms with Crippen molar-refractivity contribution in [1.82, 2.24) is 0 Å². The van der Waals surface area contributed by atoms with E-state index in [1.807, 2.05) is 0 Å². The molecule has 6 nitrogen and oxygen atoms in total. The van der Waals surface area contributed by atoms with E-state index in [9.17, 15) is 19.0 Å². The largest absolute Gasteiger partial charge is 1.00 e. The Balaban J connectivity index is 0.00000441. The van der Waals surface area contributed by atoms with Crippen LogP contribution >= 0.6 is 19.4 Å². The first-order chi connectivity index (χ1) is 9.95. The zero-order valence-electron chi connectivity index (χ0n) is 13.2. The van der Waals surface area contributed by atoms with Crippen LogP contribution in [0.2, 0.25) is 0 Å². The zero-order chi connectivity index (χ0) is 15.7. The van der Waals surface area contributed by atoms with E-state index in [0.29, 0.717) is 6.42 Å². The maximum absolute atomic E-state index is 11.6. The topological polar surface area (TPSA) is 92.7 Å². The molecule has 0 N–H and O–H groups in total. The van der Waals surface area contributed by atoms with E-state index in [1.165, 1.54) is 19.3 Å². The van der Waals surface area contributed by atoms with Crippen molar-refractivity contribution in [2.75, 3.05) is 12.4 Å². The molecule has 1 aliphatic heterocycles. The van der Waals surface area contributed by atoms with Crippen LogP contribution in [0.25, 0.3) is 0 Å². The van der Waals surface area contributed by atoms with E-state index in [2.05, 4.69) is 11.4 Å². The molecule has 0 spiro atoms. The Kier molecular flexibility index (Phi) is 12.4. The van der Waals surface area contributed by atoms with Crippen LogP contribution in [0.15, 0.2) is 0 Å². The molecule has 1 heterocycles. The minimum Gasteiger partial charge on any atom is -0.770 e. The Morgan fingerprint density at radius 3 is 2.59 bits per heavy atom. The summed E-state index contributed by atoms with van der Waals surface area (Å²) >= 11 is 1.07. The third-order valence-corrected chi connectivity index (χ3v) is 5.19. The molecule has 0 aliphatic carbocycles. The molecule has 0 saturated carbocycles. The summed E-state index contributed by atoms with van der Waals surface area (Å²) in [7, 11) is -4.50. The van der Waals surface area contributed by atoms with Gasteiger partial charge >= 0.3 is 35.3 Å². The first kappa shape index (κ1) is 22.6. The molecular weight excluding hydrogens is 338 g/mol. The van der Waals surface area contributed by atoms with Crippen LogP contribution in [0.4, 0.5) is 4.79 Å². The summed E-state index contributed by atoms with van der Waals surface area (Å²) in [6.07, 6.45) is 6.54. The monoisotopic (exact) mass is 360 g/mol. The van der Waals surface area contributed by atoms with E-state index in [1.54, 1.807) is 0 Å². The molecule has 0 aromatic rings. The number of hydrogen-bond acceptors (Lipinski definition) is 7. The van der Waals surface area contributed by atoms with Crippen LogP contribution in [0.3, 0.4) is 0 Å². The van der Waals surface area contributed by atoms with Gasteiger partial charge in [-0.3, -0.25) is 9.36 Å². The SMILES string of the molecule is CCCCCCCCC(=O)SCC1COP(=O)([O-])C(=O)O1.[Na+]. The maximum atomic E-state index is 11.6. The van der Waals surface area contributed by atoms with Crippen molar-refractivity contribution in [2.24, 2.45) is 0 Å². The number of carbonyl (C=O) groups excluding carboxylic acids is 2. The molecule has 22 heavy (non-hydrogen) atoms. The second-order valence-corrected chi connectivity index (χ2v) is 7.70. The predicted molar refractivity (Wildman–Crippen MR) is 79.3 cm³/mol. The van der Waals surface area contributed by atoms with Gasteiger partial charge in [0.1, 0.15) is 6.10 Å². The van der Waals surface area contributed by atoms with Crippen LogP contribution in [0.5, 0.6) is 0 Å². The van der Waals surface area contributed by atoms with Crippen molar-refractivity contribution in [3.05, 3.63) is 0 Å². The van der Waals surface area contributed by atoms with Crippen molar-refractivity contribution in [1.29, 1.82) is 0 Å². The average molecular weight is 360 g/mol. The molecule has 1 aliphatic rings. The molecule has 0 amide bonds. The second-order valence-electron chi connectivity index (χ2n) is 5.00. The van der Waals surface area contributed by atoms with Gasteiger partial charge in [0.05, 0.1) is 6.61 Å². The number of thioether (sulfide) groups is 1. The average Bonchev–Trinajstić information content (AvgIpc) is 2.44. The Morgan fingerprint density at radius 2 is 1.95 bits per heavy atom. The van der Waals surface area contributed by atoms with Crippen molar-refractivity contribution in [3.63, 3.8) is 0 Å². The molecule has 2 atom stereocenters. The Hall–Kier alpha value is 0.640. The standard InChI is InChI=1S/C13H23O6PS.Na/c1-2-3-4-5-6-7-8-12(14)21-10-11-9-18-20(16,17)13(15)19-11;/h11H,2-10H2,1H3,(H,16,17);/q;+1/p-1. The van der Waals surface area contributed by atoms with Crippen molar-refractivity contribution in [3.8, 4) is 0 Å². The number of rotatable bonds is 9. The predicted octanol–water partition coefficient (Wildman–Crippen LogP) is 0.0896. The Morgan fingerprint density at radius 1 is 1.32 bits per heavy atom. The van der Waals surface area contributed by atoms with Crippen molar-refractivity contribution < 1.29 is 57.9 Å². The maximum Gasteiger partial charge on any atom is 1.00 e. The first-order valence-electron chi connectivity index (χ1n) is 7.28. The zero-order valence-corrected chi connectivity index (χ0v) is 17.0.